The Labute approximate surface area is 107 Å². The lowest BCUT2D eigenvalue weighted by atomic mass is 9.90. The monoisotopic (exact) mass is 233 g/mol. The first-order valence-electron chi connectivity index (χ1n) is 6.90. The topological polar surface area (TPSA) is 3.24 Å². The van der Waals surface area contributed by atoms with Gasteiger partial charge in [-0.1, -0.05) is 33.8 Å². The second-order valence-electron chi connectivity index (χ2n) is 5.29. The van der Waals surface area contributed by atoms with Gasteiger partial charge in [0.15, 0.2) is 0 Å². The molecule has 0 unspecified atom stereocenters. The van der Waals surface area contributed by atoms with Gasteiger partial charge in [-0.15, -0.1) is 0 Å². The first-order chi connectivity index (χ1) is 8.01. The lowest BCUT2D eigenvalue weighted by Crippen LogP contribution is -2.22. The third kappa shape index (κ3) is 3.24. The van der Waals surface area contributed by atoms with E-state index in [0.29, 0.717) is 11.8 Å². The van der Waals surface area contributed by atoms with E-state index in [1.165, 1.54) is 16.8 Å². The minimum Gasteiger partial charge on any atom is -0.372 e. The summed E-state index contributed by atoms with van der Waals surface area (Å²) in [6.07, 6.45) is 0. The molecule has 0 spiro atoms. The average Bonchev–Trinajstić information content (AvgIpc) is 2.30. The summed E-state index contributed by atoms with van der Waals surface area (Å²) < 4.78 is 0. The first kappa shape index (κ1) is 14.1. The largest absolute Gasteiger partial charge is 0.372 e. The van der Waals surface area contributed by atoms with Crippen LogP contribution >= 0.6 is 0 Å². The maximum Gasteiger partial charge on any atom is 0.0369 e. The lowest BCUT2D eigenvalue weighted by molar-refractivity contribution is 0.785. The maximum atomic E-state index is 2.41. The van der Waals surface area contributed by atoms with Crippen molar-refractivity contribution in [3.8, 4) is 0 Å². The quantitative estimate of drug-likeness (QED) is 0.707. The molecular formula is C16H27N. The molecule has 0 atom stereocenters. The van der Waals surface area contributed by atoms with Crippen molar-refractivity contribution in [2.45, 2.75) is 53.4 Å². The zero-order valence-corrected chi connectivity index (χ0v) is 12.2. The molecule has 0 aromatic heterocycles. The fourth-order valence-electron chi connectivity index (χ4n) is 2.37. The molecule has 0 bridgehead atoms. The summed E-state index contributed by atoms with van der Waals surface area (Å²) in [6.45, 7) is 15.7. The molecule has 0 fully saturated rings. The van der Waals surface area contributed by atoms with Gasteiger partial charge in [0.2, 0.25) is 0 Å². The average molecular weight is 233 g/mol. The van der Waals surface area contributed by atoms with Crippen molar-refractivity contribution < 1.29 is 0 Å². The van der Waals surface area contributed by atoms with Crippen molar-refractivity contribution in [2.24, 2.45) is 0 Å². The molecule has 1 aromatic rings. The Balaban J connectivity index is 3.18. The third-order valence-corrected chi connectivity index (χ3v) is 3.44. The summed E-state index contributed by atoms with van der Waals surface area (Å²) in [6, 6.07) is 6.97. The molecule has 0 aliphatic heterocycles. The van der Waals surface area contributed by atoms with Crippen molar-refractivity contribution in [1.29, 1.82) is 0 Å². The van der Waals surface area contributed by atoms with Gasteiger partial charge < -0.3 is 4.90 Å². The van der Waals surface area contributed by atoms with Gasteiger partial charge in [0.05, 0.1) is 0 Å². The highest BCUT2D eigenvalue weighted by Gasteiger charge is 2.12. The molecule has 0 amide bonds. The number of anilines is 1. The van der Waals surface area contributed by atoms with Crippen molar-refractivity contribution in [3.05, 3.63) is 29.3 Å². The molecular weight excluding hydrogens is 206 g/mol. The van der Waals surface area contributed by atoms with E-state index >= 15 is 0 Å². The van der Waals surface area contributed by atoms with Crippen LogP contribution in [0.3, 0.4) is 0 Å². The molecule has 1 rings (SSSR count). The Bertz CT molecular complexity index is 349. The lowest BCUT2D eigenvalue weighted by Gasteiger charge is -2.24. The number of nitrogens with zero attached hydrogens (tertiary/aromatic N) is 1. The second-order valence-corrected chi connectivity index (χ2v) is 5.29. The number of hydrogen-bond donors (Lipinski definition) is 0. The van der Waals surface area contributed by atoms with Crippen molar-refractivity contribution in [3.63, 3.8) is 0 Å². The molecule has 1 aromatic carbocycles. The van der Waals surface area contributed by atoms with E-state index in [9.17, 15) is 0 Å². The van der Waals surface area contributed by atoms with Gasteiger partial charge in [-0.2, -0.15) is 0 Å². The molecule has 1 heteroatoms. The molecule has 17 heavy (non-hydrogen) atoms. The second kappa shape index (κ2) is 6.09. The molecule has 1 nitrogen and oxygen atoms in total. The summed E-state index contributed by atoms with van der Waals surface area (Å²) in [5.41, 5.74) is 4.36. The van der Waals surface area contributed by atoms with Gasteiger partial charge in [0, 0.05) is 18.8 Å². The summed E-state index contributed by atoms with van der Waals surface area (Å²) >= 11 is 0. The zero-order valence-electron chi connectivity index (χ0n) is 12.2. The van der Waals surface area contributed by atoms with E-state index in [-0.39, 0.29) is 0 Å². The van der Waals surface area contributed by atoms with Crippen LogP contribution in [0, 0.1) is 0 Å². The Morgan fingerprint density at radius 2 is 1.41 bits per heavy atom. The van der Waals surface area contributed by atoms with Crippen molar-refractivity contribution in [1.82, 2.24) is 0 Å². The third-order valence-electron chi connectivity index (χ3n) is 3.44. The maximum absolute atomic E-state index is 2.41. The number of rotatable bonds is 5. The van der Waals surface area contributed by atoms with Crippen LogP contribution in [0.1, 0.15) is 64.5 Å². The van der Waals surface area contributed by atoms with Crippen LogP contribution < -0.4 is 4.90 Å². The van der Waals surface area contributed by atoms with E-state index < -0.39 is 0 Å². The van der Waals surface area contributed by atoms with Crippen LogP contribution in [0.25, 0.3) is 0 Å². The van der Waals surface area contributed by atoms with E-state index in [1.54, 1.807) is 0 Å². The van der Waals surface area contributed by atoms with Gasteiger partial charge >= 0.3 is 0 Å². The van der Waals surface area contributed by atoms with E-state index in [1.807, 2.05) is 0 Å². The Morgan fingerprint density at radius 3 is 1.82 bits per heavy atom. The minimum atomic E-state index is 0.600. The molecule has 0 saturated carbocycles. The minimum absolute atomic E-state index is 0.600. The van der Waals surface area contributed by atoms with Crippen LogP contribution in [0.5, 0.6) is 0 Å². The van der Waals surface area contributed by atoms with Crippen LogP contribution in [-0.4, -0.2) is 13.1 Å². The van der Waals surface area contributed by atoms with Crippen LogP contribution in [0.2, 0.25) is 0 Å². The zero-order chi connectivity index (χ0) is 13.0. The molecule has 0 aliphatic rings. The predicted octanol–water partition coefficient (Wildman–Crippen LogP) is 4.78. The van der Waals surface area contributed by atoms with Gasteiger partial charge in [0.1, 0.15) is 0 Å². The molecule has 0 N–H and O–H groups in total. The van der Waals surface area contributed by atoms with E-state index in [4.69, 9.17) is 0 Å². The Kier molecular flexibility index (Phi) is 5.04. The molecule has 96 valence electrons. The van der Waals surface area contributed by atoms with Crippen LogP contribution in [0.4, 0.5) is 5.69 Å². The van der Waals surface area contributed by atoms with E-state index in [2.05, 4.69) is 64.6 Å². The highest BCUT2D eigenvalue weighted by atomic mass is 15.1. The van der Waals surface area contributed by atoms with Crippen LogP contribution in [0.15, 0.2) is 18.2 Å². The predicted molar refractivity (Wildman–Crippen MR) is 78.2 cm³/mol. The Hall–Kier alpha value is -0.980. The highest BCUT2D eigenvalue weighted by Crippen LogP contribution is 2.30. The fourth-order valence-corrected chi connectivity index (χ4v) is 2.37. The van der Waals surface area contributed by atoms with Crippen molar-refractivity contribution >= 4 is 5.69 Å². The van der Waals surface area contributed by atoms with Crippen LogP contribution in [-0.2, 0) is 0 Å². The summed E-state index contributed by atoms with van der Waals surface area (Å²) in [4.78, 5) is 2.41. The normalized spacial score (nSPS) is 11.3. The van der Waals surface area contributed by atoms with Gasteiger partial charge in [0.25, 0.3) is 0 Å². The smallest absolute Gasteiger partial charge is 0.0369 e. The van der Waals surface area contributed by atoms with Gasteiger partial charge in [-0.3, -0.25) is 0 Å². The van der Waals surface area contributed by atoms with Crippen molar-refractivity contribution in [2.75, 3.05) is 18.0 Å². The molecule has 0 heterocycles. The molecule has 0 saturated heterocycles. The standard InChI is InChI=1S/C16H27N/c1-7-17(8-2)14-9-10-15(12(3)4)16(11-14)13(5)6/h9-13H,7-8H2,1-6H3. The van der Waals surface area contributed by atoms with E-state index in [0.717, 1.165) is 13.1 Å². The number of benzene rings is 1. The van der Waals surface area contributed by atoms with Gasteiger partial charge in [-0.25, -0.2) is 0 Å². The first-order valence-corrected chi connectivity index (χ1v) is 6.90. The molecule has 0 radical (unpaired) electrons. The highest BCUT2D eigenvalue weighted by molar-refractivity contribution is 5.52. The van der Waals surface area contributed by atoms with Gasteiger partial charge in [-0.05, 0) is 48.9 Å². The Morgan fingerprint density at radius 1 is 0.882 bits per heavy atom. The summed E-state index contributed by atoms with van der Waals surface area (Å²) in [7, 11) is 0. The molecule has 0 aliphatic carbocycles. The SMILES string of the molecule is CCN(CC)c1ccc(C(C)C)c(C(C)C)c1. The summed E-state index contributed by atoms with van der Waals surface area (Å²) in [5.74, 6) is 1.21. The summed E-state index contributed by atoms with van der Waals surface area (Å²) in [5, 5.41) is 0. The number of hydrogen-bond acceptors (Lipinski definition) is 1. The fraction of sp³-hybridized carbons (Fsp3) is 0.625.